The van der Waals surface area contributed by atoms with Crippen molar-refractivity contribution in [1.82, 2.24) is 10.2 Å². The van der Waals surface area contributed by atoms with Gasteiger partial charge in [0.2, 0.25) is 0 Å². The second kappa shape index (κ2) is 3.96. The van der Waals surface area contributed by atoms with E-state index in [1.165, 1.54) is 12.1 Å². The van der Waals surface area contributed by atoms with Crippen molar-refractivity contribution in [3.8, 4) is 11.3 Å². The van der Waals surface area contributed by atoms with Gasteiger partial charge in [-0.05, 0) is 34.1 Å². The number of para-hydroxylation sites is 1. The Kier molecular flexibility index (Phi) is 2.44. The molecular weight excluding hydrogens is 283 g/mol. The number of nitrogens with zero attached hydrogens (tertiary/aromatic N) is 1. The summed E-state index contributed by atoms with van der Waals surface area (Å²) in [4.78, 5) is 0. The third-order valence-corrected chi connectivity index (χ3v) is 3.29. The Morgan fingerprint density at radius 3 is 2.76 bits per heavy atom. The first-order chi connectivity index (χ1) is 8.25. The lowest BCUT2D eigenvalue weighted by Gasteiger charge is -1.99. The molecule has 1 N–H and O–H groups in total. The van der Waals surface area contributed by atoms with E-state index in [2.05, 4.69) is 26.1 Å². The molecule has 2 nitrogen and oxygen atoms in total. The highest BCUT2D eigenvalue weighted by molar-refractivity contribution is 9.10. The lowest BCUT2D eigenvalue weighted by atomic mass is 10.1. The molecule has 0 aliphatic carbocycles. The van der Waals surface area contributed by atoms with E-state index < -0.39 is 0 Å². The fourth-order valence-electron chi connectivity index (χ4n) is 1.87. The Balaban J connectivity index is 2.28. The van der Waals surface area contributed by atoms with Crippen LogP contribution in [0.3, 0.4) is 0 Å². The SMILES string of the molecule is Fc1cccc(-c2[nH]nc3c(Br)cccc23)c1. The van der Waals surface area contributed by atoms with Gasteiger partial charge >= 0.3 is 0 Å². The van der Waals surface area contributed by atoms with Gasteiger partial charge in [-0.15, -0.1) is 0 Å². The maximum absolute atomic E-state index is 13.2. The van der Waals surface area contributed by atoms with E-state index in [1.54, 1.807) is 6.07 Å². The molecule has 0 saturated carbocycles. The Labute approximate surface area is 106 Å². The Morgan fingerprint density at radius 1 is 1.12 bits per heavy atom. The zero-order valence-electron chi connectivity index (χ0n) is 8.74. The van der Waals surface area contributed by atoms with E-state index in [0.717, 1.165) is 26.6 Å². The summed E-state index contributed by atoms with van der Waals surface area (Å²) in [5.74, 6) is -0.250. The van der Waals surface area contributed by atoms with Gasteiger partial charge < -0.3 is 0 Å². The molecule has 0 bridgehead atoms. The number of benzene rings is 2. The van der Waals surface area contributed by atoms with E-state index in [-0.39, 0.29) is 5.82 Å². The Morgan fingerprint density at radius 2 is 1.94 bits per heavy atom. The fourth-order valence-corrected chi connectivity index (χ4v) is 2.32. The number of fused-ring (bicyclic) bond motifs is 1. The Hall–Kier alpha value is -1.68. The van der Waals surface area contributed by atoms with Gasteiger partial charge in [0.15, 0.2) is 0 Å². The molecule has 84 valence electrons. The normalized spacial score (nSPS) is 10.9. The van der Waals surface area contributed by atoms with E-state index in [9.17, 15) is 4.39 Å². The molecule has 3 aromatic rings. The zero-order chi connectivity index (χ0) is 11.8. The van der Waals surface area contributed by atoms with Crippen LogP contribution in [0.15, 0.2) is 46.9 Å². The van der Waals surface area contributed by atoms with Crippen molar-refractivity contribution in [2.45, 2.75) is 0 Å². The molecule has 0 amide bonds. The summed E-state index contributed by atoms with van der Waals surface area (Å²) in [6, 6.07) is 12.3. The minimum Gasteiger partial charge on any atom is -0.277 e. The summed E-state index contributed by atoms with van der Waals surface area (Å²) in [5.41, 5.74) is 2.48. The molecule has 0 spiro atoms. The summed E-state index contributed by atoms with van der Waals surface area (Å²) in [5, 5.41) is 8.16. The summed E-state index contributed by atoms with van der Waals surface area (Å²) < 4.78 is 14.1. The first-order valence-electron chi connectivity index (χ1n) is 5.14. The van der Waals surface area contributed by atoms with Gasteiger partial charge in [-0.1, -0.05) is 24.3 Å². The number of halogens is 2. The monoisotopic (exact) mass is 290 g/mol. The van der Waals surface area contributed by atoms with Crippen LogP contribution in [-0.4, -0.2) is 10.2 Å². The summed E-state index contributed by atoms with van der Waals surface area (Å²) >= 11 is 3.44. The number of aromatic amines is 1. The highest BCUT2D eigenvalue weighted by atomic mass is 79.9. The topological polar surface area (TPSA) is 28.7 Å². The molecular formula is C13H8BrFN2. The smallest absolute Gasteiger partial charge is 0.123 e. The lowest BCUT2D eigenvalue weighted by Crippen LogP contribution is -1.80. The van der Waals surface area contributed by atoms with E-state index in [1.807, 2.05) is 24.3 Å². The van der Waals surface area contributed by atoms with Gasteiger partial charge in [0, 0.05) is 15.4 Å². The fraction of sp³-hybridized carbons (Fsp3) is 0. The average Bonchev–Trinajstić information content (AvgIpc) is 2.74. The third kappa shape index (κ3) is 1.74. The molecule has 1 aromatic heterocycles. The Bertz CT molecular complexity index is 691. The average molecular weight is 291 g/mol. The predicted octanol–water partition coefficient (Wildman–Crippen LogP) is 4.13. The molecule has 2 aromatic carbocycles. The van der Waals surface area contributed by atoms with Crippen LogP contribution in [0.25, 0.3) is 22.2 Å². The molecule has 0 aliphatic rings. The molecule has 0 unspecified atom stereocenters. The molecule has 0 radical (unpaired) electrons. The zero-order valence-corrected chi connectivity index (χ0v) is 10.3. The number of rotatable bonds is 1. The third-order valence-electron chi connectivity index (χ3n) is 2.65. The number of H-pyrrole nitrogens is 1. The maximum Gasteiger partial charge on any atom is 0.123 e. The number of hydrogen-bond acceptors (Lipinski definition) is 1. The van der Waals surface area contributed by atoms with Gasteiger partial charge in [0.1, 0.15) is 11.3 Å². The van der Waals surface area contributed by atoms with E-state index in [0.29, 0.717) is 0 Å². The van der Waals surface area contributed by atoms with Crippen LogP contribution in [0.5, 0.6) is 0 Å². The van der Waals surface area contributed by atoms with Crippen LogP contribution < -0.4 is 0 Å². The van der Waals surface area contributed by atoms with Crippen LogP contribution in [0.1, 0.15) is 0 Å². The number of hydrogen-bond donors (Lipinski definition) is 1. The molecule has 0 atom stereocenters. The number of aromatic nitrogens is 2. The molecule has 3 rings (SSSR count). The van der Waals surface area contributed by atoms with E-state index >= 15 is 0 Å². The van der Waals surface area contributed by atoms with Crippen molar-refractivity contribution in [1.29, 1.82) is 0 Å². The predicted molar refractivity (Wildman–Crippen MR) is 69.2 cm³/mol. The molecule has 0 saturated heterocycles. The number of nitrogens with one attached hydrogen (secondary N) is 1. The van der Waals surface area contributed by atoms with Crippen LogP contribution in [0, 0.1) is 5.82 Å². The second-order valence-corrected chi connectivity index (χ2v) is 4.60. The van der Waals surface area contributed by atoms with Gasteiger partial charge in [-0.2, -0.15) is 5.10 Å². The minimum absolute atomic E-state index is 0.250. The summed E-state index contributed by atoms with van der Waals surface area (Å²) in [7, 11) is 0. The van der Waals surface area contributed by atoms with E-state index in [4.69, 9.17) is 0 Å². The van der Waals surface area contributed by atoms with Crippen LogP contribution in [0.2, 0.25) is 0 Å². The van der Waals surface area contributed by atoms with Crippen molar-refractivity contribution < 1.29 is 4.39 Å². The first-order valence-corrected chi connectivity index (χ1v) is 5.93. The first kappa shape index (κ1) is 10.5. The van der Waals surface area contributed by atoms with Crippen LogP contribution in [0.4, 0.5) is 4.39 Å². The molecule has 0 fully saturated rings. The minimum atomic E-state index is -0.250. The highest BCUT2D eigenvalue weighted by Crippen LogP contribution is 2.30. The van der Waals surface area contributed by atoms with Gasteiger partial charge in [0.05, 0.1) is 5.69 Å². The molecule has 17 heavy (non-hydrogen) atoms. The van der Waals surface area contributed by atoms with Crippen LogP contribution >= 0.6 is 15.9 Å². The quantitative estimate of drug-likeness (QED) is 0.717. The second-order valence-electron chi connectivity index (χ2n) is 3.74. The van der Waals surface area contributed by atoms with Crippen molar-refractivity contribution in [3.05, 3.63) is 52.8 Å². The van der Waals surface area contributed by atoms with Gasteiger partial charge in [0.25, 0.3) is 0 Å². The molecule has 4 heteroatoms. The van der Waals surface area contributed by atoms with Gasteiger partial charge in [-0.3, -0.25) is 5.10 Å². The lowest BCUT2D eigenvalue weighted by molar-refractivity contribution is 0.628. The largest absolute Gasteiger partial charge is 0.277 e. The van der Waals surface area contributed by atoms with Crippen molar-refractivity contribution in [2.24, 2.45) is 0 Å². The summed E-state index contributed by atoms with van der Waals surface area (Å²) in [6.07, 6.45) is 0. The maximum atomic E-state index is 13.2. The van der Waals surface area contributed by atoms with Crippen molar-refractivity contribution >= 4 is 26.8 Å². The van der Waals surface area contributed by atoms with Gasteiger partial charge in [-0.25, -0.2) is 4.39 Å². The van der Waals surface area contributed by atoms with Crippen molar-refractivity contribution in [2.75, 3.05) is 0 Å². The molecule has 1 heterocycles. The standard InChI is InChI=1S/C13H8BrFN2/c14-11-6-2-5-10-12(16-17-13(10)11)8-3-1-4-9(15)7-8/h1-7H,(H,16,17). The summed E-state index contributed by atoms with van der Waals surface area (Å²) in [6.45, 7) is 0. The highest BCUT2D eigenvalue weighted by Gasteiger charge is 2.09. The molecule has 0 aliphatic heterocycles. The van der Waals surface area contributed by atoms with Crippen LogP contribution in [-0.2, 0) is 0 Å². The van der Waals surface area contributed by atoms with Crippen molar-refractivity contribution in [3.63, 3.8) is 0 Å².